The molecule has 3 N–H and O–H groups in total. The van der Waals surface area contributed by atoms with E-state index in [1.165, 1.54) is 0 Å². The fraction of sp³-hybridized carbons (Fsp3) is 0. The molecule has 0 saturated carbocycles. The van der Waals surface area contributed by atoms with Crippen LogP contribution in [-0.2, 0) is 0 Å². The van der Waals surface area contributed by atoms with Crippen molar-refractivity contribution in [1.29, 1.82) is 0 Å². The summed E-state index contributed by atoms with van der Waals surface area (Å²) in [4.78, 5) is 0. The Morgan fingerprint density at radius 2 is 1.00 bits per heavy atom. The van der Waals surface area contributed by atoms with Crippen molar-refractivity contribution in [1.82, 2.24) is 0 Å². The summed E-state index contributed by atoms with van der Waals surface area (Å²) in [7, 11) is 0. The van der Waals surface area contributed by atoms with E-state index in [9.17, 15) is 0 Å². The van der Waals surface area contributed by atoms with Crippen LogP contribution in [0.1, 0.15) is 0 Å². The predicted molar refractivity (Wildman–Crippen MR) is 16.7 cm³/mol. The second-order valence-electron chi connectivity index (χ2n) is 0. The summed E-state index contributed by atoms with van der Waals surface area (Å²) < 4.78 is 0. The molecule has 0 saturated heterocycles. The molecule has 0 aromatic heterocycles. The van der Waals surface area contributed by atoms with Gasteiger partial charge in [0, 0.05) is 0 Å². The number of hydrogen-bond donors (Lipinski definition) is 0. The summed E-state index contributed by atoms with van der Waals surface area (Å²) >= 11 is 0. The van der Waals surface area contributed by atoms with Gasteiger partial charge in [-0.3, -0.25) is 0 Å². The zero-order chi connectivity index (χ0) is 0. The first kappa shape index (κ1) is 37.7. The van der Waals surface area contributed by atoms with Gasteiger partial charge in [0.1, 0.15) is 0 Å². The van der Waals surface area contributed by atoms with Gasteiger partial charge in [-0.05, 0) is 0 Å². The van der Waals surface area contributed by atoms with Crippen LogP contribution in [-0.4, -0.2) is 11.0 Å². The minimum atomic E-state index is 0. The van der Waals surface area contributed by atoms with Crippen LogP contribution >= 0.6 is 9.90 Å². The zero-order valence-electron chi connectivity index (χ0n) is 2.65. The molecule has 24 valence electrons. The molecular weight excluding hydrogens is 102 g/mol. The van der Waals surface area contributed by atoms with Gasteiger partial charge in [0.15, 0.2) is 0 Å². The van der Waals surface area contributed by atoms with E-state index in [-0.39, 0.29) is 72.2 Å². The van der Waals surface area contributed by atoms with Crippen LogP contribution < -0.4 is 51.4 Å². The third-order valence-electron chi connectivity index (χ3n) is 0. The monoisotopic (exact) mass is 108 g/mol. The van der Waals surface area contributed by atoms with Crippen LogP contribution in [0.3, 0.4) is 0 Å². The maximum absolute atomic E-state index is 0. The fourth-order valence-electron chi connectivity index (χ4n) is 0. The molecule has 0 aliphatic heterocycles. The van der Waals surface area contributed by atoms with Gasteiger partial charge < -0.3 is 11.0 Å². The van der Waals surface area contributed by atoms with E-state index in [1.807, 2.05) is 0 Å². The molecule has 2 nitrogen and oxygen atoms in total. The largest absolute Gasteiger partial charge is 1.00 e. The van der Waals surface area contributed by atoms with E-state index in [0.29, 0.717) is 0 Å². The van der Waals surface area contributed by atoms with E-state index in [2.05, 4.69) is 0 Å². The molecule has 0 fully saturated rings. The van der Waals surface area contributed by atoms with Crippen molar-refractivity contribution in [3.63, 3.8) is 0 Å². The van der Waals surface area contributed by atoms with Crippen molar-refractivity contribution in [3.05, 3.63) is 0 Å². The van der Waals surface area contributed by atoms with Gasteiger partial charge in [0.25, 0.3) is 0 Å². The number of hydrogen-bond acceptors (Lipinski definition) is 1. The third-order valence-corrected chi connectivity index (χ3v) is 0. The van der Waals surface area contributed by atoms with E-state index < -0.39 is 0 Å². The second kappa shape index (κ2) is 20.1. The standard InChI is InChI=1S/K.2H2O.H3P/h;2*1H2;1H3/q+1;;;/p-1. The molecule has 0 radical (unpaired) electrons. The van der Waals surface area contributed by atoms with Crippen molar-refractivity contribution < 1.29 is 62.3 Å². The van der Waals surface area contributed by atoms with Gasteiger partial charge in [0.05, 0.1) is 0 Å². The molecule has 0 bridgehead atoms. The van der Waals surface area contributed by atoms with E-state index in [0.717, 1.165) is 0 Å². The van der Waals surface area contributed by atoms with Gasteiger partial charge in [0.2, 0.25) is 0 Å². The van der Waals surface area contributed by atoms with Gasteiger partial charge in [-0.25, -0.2) is 0 Å². The minimum absolute atomic E-state index is 0. The summed E-state index contributed by atoms with van der Waals surface area (Å²) in [6.45, 7) is 0. The summed E-state index contributed by atoms with van der Waals surface area (Å²) in [6.07, 6.45) is 0. The molecule has 0 spiro atoms. The molecule has 0 aliphatic rings. The second-order valence-corrected chi connectivity index (χ2v) is 0. The van der Waals surface area contributed by atoms with Crippen LogP contribution in [0.25, 0.3) is 0 Å². The Labute approximate surface area is 71.0 Å². The molecule has 0 rings (SSSR count). The minimum Gasteiger partial charge on any atom is -0.870 e. The summed E-state index contributed by atoms with van der Waals surface area (Å²) in [5.41, 5.74) is 0. The smallest absolute Gasteiger partial charge is 0.870 e. The Morgan fingerprint density at radius 1 is 1.00 bits per heavy atom. The average Bonchev–Trinajstić information content (AvgIpc) is 0. The molecule has 4 heteroatoms. The zero-order valence-corrected chi connectivity index (χ0v) is 7.19. The summed E-state index contributed by atoms with van der Waals surface area (Å²) in [6, 6.07) is 0. The number of rotatable bonds is 0. The van der Waals surface area contributed by atoms with Crippen LogP contribution in [0, 0.1) is 0 Å². The van der Waals surface area contributed by atoms with Crippen LogP contribution in [0.2, 0.25) is 0 Å². The van der Waals surface area contributed by atoms with Crippen molar-refractivity contribution in [2.24, 2.45) is 0 Å². The Hall–Kier alpha value is 1.99. The third kappa shape index (κ3) is 9.01. The van der Waals surface area contributed by atoms with Gasteiger partial charge in [-0.1, -0.05) is 0 Å². The van der Waals surface area contributed by atoms with E-state index >= 15 is 0 Å². The Kier molecular flexibility index (Phi) is 189. The van der Waals surface area contributed by atoms with Crippen LogP contribution in [0.4, 0.5) is 0 Å². The van der Waals surface area contributed by atoms with Crippen LogP contribution in [0.15, 0.2) is 0 Å². The maximum atomic E-state index is 0. The van der Waals surface area contributed by atoms with E-state index in [4.69, 9.17) is 0 Å². The summed E-state index contributed by atoms with van der Waals surface area (Å²) in [5.74, 6) is 0. The SMILES string of the molecule is O.P.[K+].[OH-]. The van der Waals surface area contributed by atoms with Crippen LogP contribution in [0.5, 0.6) is 0 Å². The molecular formula is H6KO2P. The average molecular weight is 108 g/mol. The molecule has 0 aromatic carbocycles. The van der Waals surface area contributed by atoms with Crippen molar-refractivity contribution in [2.75, 3.05) is 0 Å². The molecule has 0 amide bonds. The normalized spacial score (nSPS) is 0. The molecule has 0 aliphatic carbocycles. The quantitative estimate of drug-likeness (QED) is 0.231. The Balaban J connectivity index is 0. The molecule has 1 atom stereocenters. The summed E-state index contributed by atoms with van der Waals surface area (Å²) in [5, 5.41) is 0. The van der Waals surface area contributed by atoms with E-state index in [1.54, 1.807) is 0 Å². The first-order chi connectivity index (χ1) is 0. The first-order valence-corrected chi connectivity index (χ1v) is 0. The van der Waals surface area contributed by atoms with Gasteiger partial charge in [-0.2, -0.15) is 9.90 Å². The van der Waals surface area contributed by atoms with Crippen molar-refractivity contribution >= 4 is 9.90 Å². The predicted octanol–water partition coefficient (Wildman–Crippen LogP) is -3.94. The first-order valence-electron chi connectivity index (χ1n) is 0. The molecule has 0 heterocycles. The molecule has 1 unspecified atom stereocenters. The Bertz CT molecular complexity index is 6.00. The topological polar surface area (TPSA) is 61.5 Å². The maximum Gasteiger partial charge on any atom is 1.00 e. The van der Waals surface area contributed by atoms with Gasteiger partial charge >= 0.3 is 51.4 Å². The van der Waals surface area contributed by atoms with Gasteiger partial charge in [-0.15, -0.1) is 0 Å². The molecule has 4 heavy (non-hydrogen) atoms. The fourth-order valence-corrected chi connectivity index (χ4v) is 0. The molecule has 0 aromatic rings. The Morgan fingerprint density at radius 3 is 1.00 bits per heavy atom. The van der Waals surface area contributed by atoms with Crippen molar-refractivity contribution in [2.45, 2.75) is 0 Å². The van der Waals surface area contributed by atoms with Crippen molar-refractivity contribution in [3.8, 4) is 0 Å².